The molecule has 1 unspecified atom stereocenters. The van der Waals surface area contributed by atoms with Gasteiger partial charge in [0.05, 0.1) is 29.7 Å². The van der Waals surface area contributed by atoms with Gasteiger partial charge in [0.25, 0.3) is 11.5 Å². The van der Waals surface area contributed by atoms with Crippen LogP contribution in [-0.4, -0.2) is 34.0 Å². The number of fused-ring (bicyclic) bond motifs is 1. The van der Waals surface area contributed by atoms with Crippen molar-refractivity contribution in [1.82, 2.24) is 14.5 Å². The number of nitrogens with zero attached hydrogens (tertiary/aromatic N) is 3. The van der Waals surface area contributed by atoms with Crippen molar-refractivity contribution in [2.24, 2.45) is 0 Å². The molecule has 1 amide bonds. The minimum Gasteiger partial charge on any atom is -0.497 e. The van der Waals surface area contributed by atoms with Crippen LogP contribution in [0.3, 0.4) is 0 Å². The molecule has 4 rings (SSSR count). The number of rotatable bonds is 8. The fraction of sp³-hybridized carbons (Fsp3) is 0.276. The maximum Gasteiger partial charge on any atom is 0.266 e. The van der Waals surface area contributed by atoms with Crippen LogP contribution >= 0.6 is 0 Å². The largest absolute Gasteiger partial charge is 0.497 e. The summed E-state index contributed by atoms with van der Waals surface area (Å²) in [5.41, 5.74) is 2.74. The minimum absolute atomic E-state index is 0.122. The summed E-state index contributed by atoms with van der Waals surface area (Å²) in [6.45, 7) is 6.56. The second kappa shape index (κ2) is 10.6. The van der Waals surface area contributed by atoms with Crippen molar-refractivity contribution in [3.05, 3.63) is 100 Å². The van der Waals surface area contributed by atoms with Crippen molar-refractivity contribution in [1.29, 1.82) is 0 Å². The molecule has 6 nitrogen and oxygen atoms in total. The third-order valence-corrected chi connectivity index (χ3v) is 6.33. The first-order valence-corrected chi connectivity index (χ1v) is 12.0. The van der Waals surface area contributed by atoms with Gasteiger partial charge in [0.2, 0.25) is 0 Å². The van der Waals surface area contributed by atoms with Gasteiger partial charge in [-0.2, -0.15) is 0 Å². The number of benzene rings is 3. The molecule has 35 heavy (non-hydrogen) atoms. The zero-order valence-corrected chi connectivity index (χ0v) is 20.7. The summed E-state index contributed by atoms with van der Waals surface area (Å²) in [5, 5.41) is 0.547. The molecule has 180 valence electrons. The molecule has 0 saturated heterocycles. The van der Waals surface area contributed by atoms with Gasteiger partial charge in [-0.25, -0.2) is 4.98 Å². The Morgan fingerprint density at radius 3 is 2.54 bits per heavy atom. The van der Waals surface area contributed by atoms with Crippen LogP contribution in [0, 0.1) is 6.92 Å². The van der Waals surface area contributed by atoms with E-state index in [0.29, 0.717) is 34.6 Å². The van der Waals surface area contributed by atoms with E-state index in [9.17, 15) is 9.59 Å². The van der Waals surface area contributed by atoms with E-state index >= 15 is 0 Å². The fourth-order valence-electron chi connectivity index (χ4n) is 4.34. The number of unbranched alkanes of at least 4 members (excludes halogenated alkanes) is 1. The van der Waals surface area contributed by atoms with Gasteiger partial charge in [0.1, 0.15) is 11.6 Å². The molecule has 1 aromatic heterocycles. The number of carbonyl (C=O) groups is 1. The molecule has 0 bridgehead atoms. The van der Waals surface area contributed by atoms with E-state index in [1.165, 1.54) is 0 Å². The fourth-order valence-corrected chi connectivity index (χ4v) is 4.34. The number of carbonyl (C=O) groups excluding carboxylic acids is 1. The highest BCUT2D eigenvalue weighted by Crippen LogP contribution is 2.26. The van der Waals surface area contributed by atoms with E-state index in [2.05, 4.69) is 6.92 Å². The van der Waals surface area contributed by atoms with Gasteiger partial charge in [-0.05, 0) is 62.2 Å². The molecule has 0 aliphatic heterocycles. The predicted molar refractivity (Wildman–Crippen MR) is 139 cm³/mol. The van der Waals surface area contributed by atoms with Crippen molar-refractivity contribution in [3.63, 3.8) is 0 Å². The Hall–Kier alpha value is -3.93. The third-order valence-electron chi connectivity index (χ3n) is 6.33. The second-order valence-corrected chi connectivity index (χ2v) is 8.67. The lowest BCUT2D eigenvalue weighted by Crippen LogP contribution is -2.38. The summed E-state index contributed by atoms with van der Waals surface area (Å²) in [4.78, 5) is 34.3. The van der Waals surface area contributed by atoms with E-state index in [0.717, 1.165) is 24.1 Å². The number of aryl methyl sites for hydroxylation is 1. The van der Waals surface area contributed by atoms with Crippen molar-refractivity contribution < 1.29 is 9.53 Å². The van der Waals surface area contributed by atoms with Crippen LogP contribution in [0.15, 0.2) is 77.6 Å². The van der Waals surface area contributed by atoms with Crippen LogP contribution in [0.1, 0.15) is 54.5 Å². The summed E-state index contributed by atoms with van der Waals surface area (Å²) in [7, 11) is 1.58. The number of methoxy groups -OCH3 is 1. The Bertz CT molecular complexity index is 1410. The lowest BCUT2D eigenvalue weighted by molar-refractivity contribution is 0.0678. The van der Waals surface area contributed by atoms with E-state index < -0.39 is 6.04 Å². The molecule has 4 aromatic rings. The number of ether oxygens (including phenoxy) is 1. The minimum atomic E-state index is -0.447. The highest BCUT2D eigenvalue weighted by molar-refractivity contribution is 5.95. The first-order chi connectivity index (χ1) is 17.0. The highest BCUT2D eigenvalue weighted by Gasteiger charge is 2.28. The molecule has 0 aliphatic rings. The zero-order chi connectivity index (χ0) is 24.9. The van der Waals surface area contributed by atoms with E-state index in [4.69, 9.17) is 9.72 Å². The Kier molecular flexibility index (Phi) is 7.30. The molecular formula is C29H31N3O3. The molecule has 1 heterocycles. The first-order valence-electron chi connectivity index (χ1n) is 12.0. The van der Waals surface area contributed by atoms with Gasteiger partial charge in [0, 0.05) is 12.1 Å². The molecular weight excluding hydrogens is 438 g/mol. The SMILES string of the molecule is CCCCN(C(=O)c1cccc(OC)c1)C(C)c1nc2ccccc2c(=O)n1-c1ccccc1C. The van der Waals surface area contributed by atoms with E-state index in [1.54, 1.807) is 29.9 Å². The lowest BCUT2D eigenvalue weighted by atomic mass is 10.1. The average molecular weight is 470 g/mol. The third kappa shape index (κ3) is 4.83. The van der Waals surface area contributed by atoms with Crippen LogP contribution in [0.4, 0.5) is 0 Å². The summed E-state index contributed by atoms with van der Waals surface area (Å²) >= 11 is 0. The van der Waals surface area contributed by atoms with Gasteiger partial charge in [0.15, 0.2) is 0 Å². The van der Waals surface area contributed by atoms with Crippen molar-refractivity contribution in [2.45, 2.75) is 39.7 Å². The van der Waals surface area contributed by atoms with Crippen LogP contribution in [0.2, 0.25) is 0 Å². The predicted octanol–water partition coefficient (Wildman–Crippen LogP) is 5.71. The monoisotopic (exact) mass is 469 g/mol. The lowest BCUT2D eigenvalue weighted by Gasteiger charge is -2.31. The van der Waals surface area contributed by atoms with Crippen LogP contribution in [-0.2, 0) is 0 Å². The molecule has 0 fully saturated rings. The topological polar surface area (TPSA) is 64.4 Å². The second-order valence-electron chi connectivity index (χ2n) is 8.67. The number of hydrogen-bond donors (Lipinski definition) is 0. The Morgan fingerprint density at radius 2 is 1.80 bits per heavy atom. The maximum absolute atomic E-state index is 13.8. The van der Waals surface area contributed by atoms with Crippen LogP contribution in [0.5, 0.6) is 5.75 Å². The average Bonchev–Trinajstić information content (AvgIpc) is 2.89. The molecule has 0 N–H and O–H groups in total. The summed E-state index contributed by atoms with van der Waals surface area (Å²) in [5.74, 6) is 1.04. The summed E-state index contributed by atoms with van der Waals surface area (Å²) < 4.78 is 7.00. The zero-order valence-electron chi connectivity index (χ0n) is 20.7. The number of hydrogen-bond acceptors (Lipinski definition) is 4. The molecule has 1 atom stereocenters. The molecule has 0 aliphatic carbocycles. The van der Waals surface area contributed by atoms with Gasteiger partial charge < -0.3 is 9.64 Å². The standard InChI is InChI=1S/C29H31N3O3/c1-5-6-18-31(28(33)22-13-11-14-23(19-22)35-4)21(3)27-30-25-16-9-8-15-24(25)29(34)32(27)26-17-10-7-12-20(26)2/h7-17,19,21H,5-6,18H2,1-4H3. The first kappa shape index (κ1) is 24.2. The van der Waals surface area contributed by atoms with Gasteiger partial charge >= 0.3 is 0 Å². The Morgan fingerprint density at radius 1 is 1.06 bits per heavy atom. The quantitative estimate of drug-likeness (QED) is 0.332. The summed E-state index contributed by atoms with van der Waals surface area (Å²) in [6, 6.07) is 21.8. The summed E-state index contributed by atoms with van der Waals surface area (Å²) in [6.07, 6.45) is 1.77. The van der Waals surface area contributed by atoms with Crippen molar-refractivity contribution in [3.8, 4) is 11.4 Å². The smallest absolute Gasteiger partial charge is 0.266 e. The maximum atomic E-state index is 13.8. The highest BCUT2D eigenvalue weighted by atomic mass is 16.5. The molecule has 0 radical (unpaired) electrons. The normalized spacial score (nSPS) is 11.9. The molecule has 3 aromatic carbocycles. The number of amides is 1. The number of aromatic nitrogens is 2. The Balaban J connectivity index is 1.91. The van der Waals surface area contributed by atoms with Crippen molar-refractivity contribution >= 4 is 16.8 Å². The van der Waals surface area contributed by atoms with E-state index in [1.807, 2.05) is 73.3 Å². The molecule has 6 heteroatoms. The van der Waals surface area contributed by atoms with Crippen LogP contribution < -0.4 is 10.3 Å². The van der Waals surface area contributed by atoms with Gasteiger partial charge in [-0.15, -0.1) is 0 Å². The van der Waals surface area contributed by atoms with Crippen LogP contribution in [0.25, 0.3) is 16.6 Å². The molecule has 0 spiro atoms. The van der Waals surface area contributed by atoms with Crippen molar-refractivity contribution in [2.75, 3.05) is 13.7 Å². The van der Waals surface area contributed by atoms with Gasteiger partial charge in [-0.3, -0.25) is 14.2 Å². The van der Waals surface area contributed by atoms with Gasteiger partial charge in [-0.1, -0.05) is 49.7 Å². The number of para-hydroxylation sites is 2. The Labute approximate surface area is 205 Å². The van der Waals surface area contributed by atoms with E-state index in [-0.39, 0.29) is 11.5 Å². The molecule has 0 saturated carbocycles.